The van der Waals surface area contributed by atoms with Crippen LogP contribution in [0.3, 0.4) is 0 Å². The van der Waals surface area contributed by atoms with E-state index >= 15 is 0 Å². The highest BCUT2D eigenvalue weighted by molar-refractivity contribution is 7.22. The number of aromatic nitrogens is 1. The molecule has 2 aromatic carbocycles. The third kappa shape index (κ3) is 3.27. The van der Waals surface area contributed by atoms with Gasteiger partial charge in [-0.3, -0.25) is 5.43 Å². The van der Waals surface area contributed by atoms with Crippen molar-refractivity contribution in [3.8, 4) is 11.5 Å². The molecule has 23 heavy (non-hydrogen) atoms. The van der Waals surface area contributed by atoms with Gasteiger partial charge in [0, 0.05) is 5.56 Å². The number of hydrogen-bond donors (Lipinski definition) is 1. The van der Waals surface area contributed by atoms with Crippen LogP contribution in [0.5, 0.6) is 11.5 Å². The minimum absolute atomic E-state index is 0.680. The summed E-state index contributed by atoms with van der Waals surface area (Å²) in [5, 5.41) is 5.18. The summed E-state index contributed by atoms with van der Waals surface area (Å²) in [4.78, 5) is 4.50. The predicted molar refractivity (Wildman–Crippen MR) is 95.0 cm³/mol. The second-order valence-electron chi connectivity index (χ2n) is 4.87. The largest absolute Gasteiger partial charge is 0.493 e. The van der Waals surface area contributed by atoms with Crippen molar-refractivity contribution in [2.24, 2.45) is 5.10 Å². The van der Waals surface area contributed by atoms with E-state index in [-0.39, 0.29) is 0 Å². The number of benzene rings is 2. The Labute approximate surface area is 138 Å². The van der Waals surface area contributed by atoms with Gasteiger partial charge in [-0.05, 0) is 37.3 Å². The molecule has 1 heterocycles. The van der Waals surface area contributed by atoms with Gasteiger partial charge in [0.15, 0.2) is 11.5 Å². The molecule has 0 aliphatic heterocycles. The van der Waals surface area contributed by atoms with Crippen molar-refractivity contribution in [3.05, 3.63) is 48.0 Å². The van der Waals surface area contributed by atoms with Crippen LogP contribution >= 0.6 is 11.3 Å². The number of nitrogens with zero attached hydrogens (tertiary/aromatic N) is 2. The zero-order valence-electron chi connectivity index (χ0n) is 13.2. The van der Waals surface area contributed by atoms with Crippen LogP contribution in [0.1, 0.15) is 12.5 Å². The molecule has 0 atom stereocenters. The fourth-order valence-corrected chi connectivity index (χ4v) is 2.99. The van der Waals surface area contributed by atoms with Crippen molar-refractivity contribution in [3.63, 3.8) is 0 Å². The van der Waals surface area contributed by atoms with Crippen LogP contribution in [0.25, 0.3) is 10.2 Å². The van der Waals surface area contributed by atoms with E-state index in [1.807, 2.05) is 49.4 Å². The first-order chi connectivity index (χ1) is 11.2. The molecule has 0 saturated heterocycles. The lowest BCUT2D eigenvalue weighted by molar-refractivity contribution is 0.355. The molecule has 0 saturated carbocycles. The summed E-state index contributed by atoms with van der Waals surface area (Å²) in [5.74, 6) is 1.38. The molecule has 0 amide bonds. The molecule has 0 spiro atoms. The Bertz CT molecular complexity index is 825. The maximum atomic E-state index is 5.32. The molecule has 0 unspecified atom stereocenters. The van der Waals surface area contributed by atoms with Gasteiger partial charge in [0.2, 0.25) is 5.13 Å². The Morgan fingerprint density at radius 3 is 2.61 bits per heavy atom. The van der Waals surface area contributed by atoms with Gasteiger partial charge in [0.1, 0.15) is 0 Å². The number of rotatable bonds is 5. The number of anilines is 1. The lowest BCUT2D eigenvalue weighted by atomic mass is 10.1. The molecule has 5 nitrogen and oxygen atoms in total. The zero-order chi connectivity index (χ0) is 16.2. The molecule has 0 aliphatic rings. The SMILES string of the molecule is COc1ccc(/C(C)=N/Nc2nc3ccccc3s2)cc1OC. The number of ether oxygens (including phenoxy) is 2. The van der Waals surface area contributed by atoms with E-state index in [9.17, 15) is 0 Å². The van der Waals surface area contributed by atoms with Crippen LogP contribution in [0.4, 0.5) is 5.13 Å². The first-order valence-electron chi connectivity index (χ1n) is 7.09. The van der Waals surface area contributed by atoms with Crippen LogP contribution in [0.15, 0.2) is 47.6 Å². The maximum Gasteiger partial charge on any atom is 0.204 e. The number of fused-ring (bicyclic) bond motifs is 1. The summed E-state index contributed by atoms with van der Waals surface area (Å²) >= 11 is 1.57. The molecule has 0 fully saturated rings. The standard InChI is InChI=1S/C17H17N3O2S/c1-11(12-8-9-14(21-2)15(10-12)22-3)19-20-17-18-13-6-4-5-7-16(13)23-17/h4-10H,1-3H3,(H,18,20)/b19-11+. The number of methoxy groups -OCH3 is 2. The second-order valence-corrected chi connectivity index (χ2v) is 5.90. The molecule has 0 bridgehead atoms. The fraction of sp³-hybridized carbons (Fsp3) is 0.176. The van der Waals surface area contributed by atoms with Gasteiger partial charge in [-0.1, -0.05) is 23.5 Å². The Morgan fingerprint density at radius 2 is 1.87 bits per heavy atom. The van der Waals surface area contributed by atoms with Gasteiger partial charge in [-0.15, -0.1) is 0 Å². The molecule has 3 aromatic rings. The predicted octanol–water partition coefficient (Wildman–Crippen LogP) is 4.15. The van der Waals surface area contributed by atoms with Crippen LogP contribution in [0, 0.1) is 0 Å². The monoisotopic (exact) mass is 327 g/mol. The highest BCUT2D eigenvalue weighted by atomic mass is 32.1. The fourth-order valence-electron chi connectivity index (χ4n) is 2.18. The summed E-state index contributed by atoms with van der Waals surface area (Å²) in [6.07, 6.45) is 0. The summed E-state index contributed by atoms with van der Waals surface area (Å²) in [7, 11) is 3.24. The normalized spacial score (nSPS) is 11.5. The van der Waals surface area contributed by atoms with E-state index in [2.05, 4.69) is 15.5 Å². The van der Waals surface area contributed by atoms with Crippen LogP contribution < -0.4 is 14.9 Å². The van der Waals surface area contributed by atoms with E-state index in [1.54, 1.807) is 25.6 Å². The zero-order valence-corrected chi connectivity index (χ0v) is 14.0. The first kappa shape index (κ1) is 15.3. The van der Waals surface area contributed by atoms with Gasteiger partial charge in [-0.2, -0.15) is 5.10 Å². The number of thiazole rings is 1. The highest BCUT2D eigenvalue weighted by Gasteiger charge is 2.07. The minimum atomic E-state index is 0.680. The lowest BCUT2D eigenvalue weighted by Gasteiger charge is -2.09. The van der Waals surface area contributed by atoms with Gasteiger partial charge in [-0.25, -0.2) is 4.98 Å². The molecule has 3 rings (SSSR count). The maximum absolute atomic E-state index is 5.32. The molecular weight excluding hydrogens is 310 g/mol. The van der Waals surface area contributed by atoms with E-state index in [0.29, 0.717) is 11.5 Å². The Morgan fingerprint density at radius 1 is 1.09 bits per heavy atom. The van der Waals surface area contributed by atoms with Crippen molar-refractivity contribution >= 4 is 32.4 Å². The van der Waals surface area contributed by atoms with E-state index < -0.39 is 0 Å². The number of para-hydroxylation sites is 1. The van der Waals surface area contributed by atoms with Crippen LogP contribution in [-0.4, -0.2) is 24.9 Å². The second kappa shape index (κ2) is 6.66. The topological polar surface area (TPSA) is 55.7 Å². The number of hydrazone groups is 1. The highest BCUT2D eigenvalue weighted by Crippen LogP contribution is 2.28. The Hall–Kier alpha value is -2.60. The summed E-state index contributed by atoms with van der Waals surface area (Å²) in [6, 6.07) is 13.7. The summed E-state index contributed by atoms with van der Waals surface area (Å²) in [6.45, 7) is 1.93. The Balaban J connectivity index is 1.81. The van der Waals surface area contributed by atoms with Crippen molar-refractivity contribution in [2.75, 3.05) is 19.6 Å². The van der Waals surface area contributed by atoms with Gasteiger partial charge in [0.05, 0.1) is 30.1 Å². The van der Waals surface area contributed by atoms with Crippen molar-refractivity contribution in [1.82, 2.24) is 4.98 Å². The van der Waals surface area contributed by atoms with Gasteiger partial charge >= 0.3 is 0 Å². The van der Waals surface area contributed by atoms with E-state index in [1.165, 1.54) is 0 Å². The van der Waals surface area contributed by atoms with Crippen molar-refractivity contribution in [2.45, 2.75) is 6.92 Å². The molecule has 0 aliphatic carbocycles. The third-order valence-corrected chi connectivity index (χ3v) is 4.36. The smallest absolute Gasteiger partial charge is 0.204 e. The molecule has 0 radical (unpaired) electrons. The minimum Gasteiger partial charge on any atom is -0.493 e. The third-order valence-electron chi connectivity index (χ3n) is 3.41. The summed E-state index contributed by atoms with van der Waals surface area (Å²) < 4.78 is 11.7. The average Bonchev–Trinajstić information content (AvgIpc) is 3.01. The van der Waals surface area contributed by atoms with Gasteiger partial charge < -0.3 is 9.47 Å². The summed E-state index contributed by atoms with van der Waals surface area (Å²) in [5.41, 5.74) is 5.79. The number of hydrogen-bond acceptors (Lipinski definition) is 6. The first-order valence-corrected chi connectivity index (χ1v) is 7.91. The van der Waals surface area contributed by atoms with Crippen LogP contribution in [-0.2, 0) is 0 Å². The molecular formula is C17H17N3O2S. The van der Waals surface area contributed by atoms with Crippen molar-refractivity contribution in [1.29, 1.82) is 0 Å². The quantitative estimate of drug-likeness (QED) is 0.565. The van der Waals surface area contributed by atoms with E-state index in [4.69, 9.17) is 9.47 Å². The molecule has 118 valence electrons. The van der Waals surface area contributed by atoms with Crippen molar-refractivity contribution < 1.29 is 9.47 Å². The molecule has 6 heteroatoms. The van der Waals surface area contributed by atoms with Crippen LogP contribution in [0.2, 0.25) is 0 Å². The van der Waals surface area contributed by atoms with E-state index in [0.717, 1.165) is 26.6 Å². The molecule has 1 aromatic heterocycles. The van der Waals surface area contributed by atoms with Gasteiger partial charge in [0.25, 0.3) is 0 Å². The lowest BCUT2D eigenvalue weighted by Crippen LogP contribution is -2.01. The average molecular weight is 327 g/mol. The Kier molecular flexibility index (Phi) is 4.43. The number of nitrogens with one attached hydrogen (secondary N) is 1. The molecule has 1 N–H and O–H groups in total.